The monoisotopic (exact) mass is 325 g/mol. The number of oxazole rings is 1. The van der Waals surface area contributed by atoms with Crippen LogP contribution in [-0.4, -0.2) is 48.0 Å². The predicted octanol–water partition coefficient (Wildman–Crippen LogP) is 3.38. The first-order valence-electron chi connectivity index (χ1n) is 8.24. The lowest BCUT2D eigenvalue weighted by Crippen LogP contribution is -2.43. The van der Waals surface area contributed by atoms with Crippen molar-refractivity contribution >= 4 is 11.1 Å². The molecule has 0 aliphatic carbocycles. The van der Waals surface area contributed by atoms with Crippen molar-refractivity contribution in [3.05, 3.63) is 53.8 Å². The number of rotatable bonds is 3. The fourth-order valence-corrected chi connectivity index (χ4v) is 3.08. The van der Waals surface area contributed by atoms with Gasteiger partial charge in [0.1, 0.15) is 11.3 Å². The van der Waals surface area contributed by atoms with Gasteiger partial charge in [0.25, 0.3) is 0 Å². The SMILES string of the molecule is CN1CCN(Cc2ccc3oc(-c4cccc(F)c4)nc3c2)CC1. The van der Waals surface area contributed by atoms with E-state index in [4.69, 9.17) is 4.42 Å². The average Bonchev–Trinajstić information content (AvgIpc) is 3.00. The molecule has 0 saturated carbocycles. The minimum absolute atomic E-state index is 0.287. The van der Waals surface area contributed by atoms with Crippen molar-refractivity contribution in [2.24, 2.45) is 0 Å². The third kappa shape index (κ3) is 3.18. The summed E-state index contributed by atoms with van der Waals surface area (Å²) < 4.78 is 19.2. The second-order valence-electron chi connectivity index (χ2n) is 6.41. The van der Waals surface area contributed by atoms with E-state index >= 15 is 0 Å². The van der Waals surface area contributed by atoms with Crippen LogP contribution in [0.4, 0.5) is 4.39 Å². The van der Waals surface area contributed by atoms with Crippen molar-refractivity contribution < 1.29 is 8.81 Å². The summed E-state index contributed by atoms with van der Waals surface area (Å²) in [7, 11) is 2.16. The highest BCUT2D eigenvalue weighted by Crippen LogP contribution is 2.25. The van der Waals surface area contributed by atoms with Gasteiger partial charge >= 0.3 is 0 Å². The quantitative estimate of drug-likeness (QED) is 0.739. The van der Waals surface area contributed by atoms with Crippen LogP contribution in [0.1, 0.15) is 5.56 Å². The predicted molar refractivity (Wildman–Crippen MR) is 92.2 cm³/mol. The molecule has 0 unspecified atom stereocenters. The molecule has 1 fully saturated rings. The van der Waals surface area contributed by atoms with Gasteiger partial charge in [0.15, 0.2) is 5.58 Å². The van der Waals surface area contributed by atoms with Gasteiger partial charge in [-0.1, -0.05) is 12.1 Å². The maximum absolute atomic E-state index is 13.4. The molecular formula is C19H20FN3O. The fourth-order valence-electron chi connectivity index (χ4n) is 3.08. The molecular weight excluding hydrogens is 305 g/mol. The maximum Gasteiger partial charge on any atom is 0.227 e. The van der Waals surface area contributed by atoms with Crippen LogP contribution in [0, 0.1) is 5.82 Å². The number of benzene rings is 2. The highest BCUT2D eigenvalue weighted by molar-refractivity contribution is 5.76. The number of piperazine rings is 1. The van der Waals surface area contributed by atoms with Crippen LogP contribution in [0.15, 0.2) is 46.9 Å². The van der Waals surface area contributed by atoms with E-state index in [2.05, 4.69) is 34.0 Å². The van der Waals surface area contributed by atoms with Crippen LogP contribution in [0.5, 0.6) is 0 Å². The molecule has 0 bridgehead atoms. The smallest absolute Gasteiger partial charge is 0.227 e. The topological polar surface area (TPSA) is 32.5 Å². The lowest BCUT2D eigenvalue weighted by atomic mass is 10.2. The van der Waals surface area contributed by atoms with E-state index in [9.17, 15) is 4.39 Å². The van der Waals surface area contributed by atoms with Gasteiger partial charge in [-0.25, -0.2) is 9.37 Å². The molecule has 0 spiro atoms. The summed E-state index contributed by atoms with van der Waals surface area (Å²) in [4.78, 5) is 9.33. The first-order chi connectivity index (χ1) is 11.7. The van der Waals surface area contributed by atoms with Crippen molar-refractivity contribution in [3.8, 4) is 11.5 Å². The minimum Gasteiger partial charge on any atom is -0.436 e. The Bertz CT molecular complexity index is 853. The molecule has 2 heterocycles. The second-order valence-corrected chi connectivity index (χ2v) is 6.41. The van der Waals surface area contributed by atoms with E-state index in [1.54, 1.807) is 12.1 Å². The molecule has 4 rings (SSSR count). The summed E-state index contributed by atoms with van der Waals surface area (Å²) in [6.07, 6.45) is 0. The van der Waals surface area contributed by atoms with Gasteiger partial charge in [-0.15, -0.1) is 0 Å². The zero-order chi connectivity index (χ0) is 16.5. The van der Waals surface area contributed by atoms with E-state index in [0.717, 1.165) is 43.8 Å². The molecule has 0 N–H and O–H groups in total. The molecule has 5 heteroatoms. The van der Waals surface area contributed by atoms with Crippen LogP contribution >= 0.6 is 0 Å². The molecule has 4 nitrogen and oxygen atoms in total. The maximum atomic E-state index is 13.4. The van der Waals surface area contributed by atoms with Crippen LogP contribution in [0.25, 0.3) is 22.6 Å². The largest absolute Gasteiger partial charge is 0.436 e. The lowest BCUT2D eigenvalue weighted by Gasteiger charge is -2.32. The van der Waals surface area contributed by atoms with Crippen molar-refractivity contribution in [1.82, 2.24) is 14.8 Å². The molecule has 1 saturated heterocycles. The number of likely N-dealkylation sites (N-methyl/N-ethyl adjacent to an activating group) is 1. The summed E-state index contributed by atoms with van der Waals surface area (Å²) in [5.74, 6) is 0.173. The second kappa shape index (κ2) is 6.34. The summed E-state index contributed by atoms with van der Waals surface area (Å²) in [5.41, 5.74) is 3.44. The Kier molecular flexibility index (Phi) is 4.04. The Morgan fingerprint density at radius 1 is 1.08 bits per heavy atom. The van der Waals surface area contributed by atoms with Crippen LogP contribution in [0.3, 0.4) is 0 Å². The molecule has 3 aromatic rings. The lowest BCUT2D eigenvalue weighted by molar-refractivity contribution is 0.148. The summed E-state index contributed by atoms with van der Waals surface area (Å²) >= 11 is 0. The molecule has 124 valence electrons. The van der Waals surface area contributed by atoms with Crippen molar-refractivity contribution in [1.29, 1.82) is 0 Å². The third-order valence-electron chi connectivity index (χ3n) is 4.53. The van der Waals surface area contributed by atoms with Crippen molar-refractivity contribution in [2.75, 3.05) is 33.2 Å². The third-order valence-corrected chi connectivity index (χ3v) is 4.53. The first-order valence-corrected chi connectivity index (χ1v) is 8.24. The highest BCUT2D eigenvalue weighted by Gasteiger charge is 2.15. The van der Waals surface area contributed by atoms with Crippen LogP contribution in [-0.2, 0) is 6.54 Å². The Morgan fingerprint density at radius 3 is 2.71 bits per heavy atom. The first kappa shape index (κ1) is 15.3. The van der Waals surface area contributed by atoms with Gasteiger partial charge in [-0.3, -0.25) is 4.90 Å². The zero-order valence-electron chi connectivity index (χ0n) is 13.7. The van der Waals surface area contributed by atoms with E-state index in [-0.39, 0.29) is 5.82 Å². The number of hydrogen-bond acceptors (Lipinski definition) is 4. The molecule has 1 aliphatic heterocycles. The molecule has 1 aromatic heterocycles. The molecule has 1 aliphatic rings. The summed E-state index contributed by atoms with van der Waals surface area (Å²) in [6, 6.07) is 12.4. The number of halogens is 1. The minimum atomic E-state index is -0.287. The number of hydrogen-bond donors (Lipinski definition) is 0. The average molecular weight is 325 g/mol. The standard InChI is InChI=1S/C19H20FN3O/c1-22-7-9-23(10-8-22)13-14-5-6-18-17(11-14)21-19(24-18)15-3-2-4-16(20)12-15/h2-6,11-12H,7-10,13H2,1H3. The van der Waals surface area contributed by atoms with Crippen molar-refractivity contribution in [2.45, 2.75) is 6.54 Å². The Labute approximate surface area is 140 Å². The van der Waals surface area contributed by atoms with Gasteiger partial charge in [-0.2, -0.15) is 0 Å². The van der Waals surface area contributed by atoms with E-state index < -0.39 is 0 Å². The van der Waals surface area contributed by atoms with Crippen LogP contribution < -0.4 is 0 Å². The molecule has 0 atom stereocenters. The number of aromatic nitrogens is 1. The normalized spacial score (nSPS) is 16.8. The summed E-state index contributed by atoms with van der Waals surface area (Å²) in [6.45, 7) is 5.31. The molecule has 0 amide bonds. The van der Waals surface area contributed by atoms with E-state index in [0.29, 0.717) is 11.5 Å². The Balaban J connectivity index is 1.57. The number of nitrogens with zero attached hydrogens (tertiary/aromatic N) is 3. The van der Waals surface area contributed by atoms with Gasteiger partial charge < -0.3 is 9.32 Å². The molecule has 24 heavy (non-hydrogen) atoms. The fraction of sp³-hybridized carbons (Fsp3) is 0.316. The van der Waals surface area contributed by atoms with Gasteiger partial charge in [0.05, 0.1) is 0 Å². The Morgan fingerprint density at radius 2 is 1.92 bits per heavy atom. The van der Waals surface area contributed by atoms with E-state index in [1.165, 1.54) is 17.7 Å². The van der Waals surface area contributed by atoms with Crippen LogP contribution in [0.2, 0.25) is 0 Å². The molecule has 0 radical (unpaired) electrons. The summed E-state index contributed by atoms with van der Waals surface area (Å²) in [5, 5.41) is 0. The van der Waals surface area contributed by atoms with Crippen molar-refractivity contribution in [3.63, 3.8) is 0 Å². The highest BCUT2D eigenvalue weighted by atomic mass is 19.1. The van der Waals surface area contributed by atoms with E-state index in [1.807, 2.05) is 6.07 Å². The zero-order valence-corrected chi connectivity index (χ0v) is 13.7. The van der Waals surface area contributed by atoms with Gasteiger partial charge in [0.2, 0.25) is 5.89 Å². The van der Waals surface area contributed by atoms with Gasteiger partial charge in [-0.05, 0) is 42.9 Å². The Hall–Kier alpha value is -2.24. The number of fused-ring (bicyclic) bond motifs is 1. The van der Waals surface area contributed by atoms with Gasteiger partial charge in [0, 0.05) is 38.3 Å². The molecule has 2 aromatic carbocycles.